The van der Waals surface area contributed by atoms with Crippen LogP contribution in [0.5, 0.6) is 11.5 Å². The minimum atomic E-state index is -0.371. The number of anilines is 1. The molecular weight excluding hydrogens is 370 g/mol. The van der Waals surface area contributed by atoms with Gasteiger partial charge in [0.1, 0.15) is 12.8 Å². The van der Waals surface area contributed by atoms with Crippen LogP contribution in [-0.4, -0.2) is 28.5 Å². The molecular formula is C18H16ClN5O3. The minimum Gasteiger partial charge on any atom is -0.493 e. The molecule has 0 atom stereocenters. The number of hydrogen-bond donors (Lipinski definition) is 2. The minimum absolute atomic E-state index is 0.144. The molecule has 0 bridgehead atoms. The molecule has 2 aromatic carbocycles. The molecule has 1 aromatic heterocycles. The molecule has 138 valence electrons. The smallest absolute Gasteiger partial charge is 0.271 e. The van der Waals surface area contributed by atoms with Crippen LogP contribution >= 0.6 is 11.6 Å². The highest BCUT2D eigenvalue weighted by Gasteiger charge is 2.07. The fraction of sp³-hybridized carbons (Fsp3) is 0.111. The number of H-pyrrole nitrogens is 1. The van der Waals surface area contributed by atoms with Crippen LogP contribution in [0.1, 0.15) is 11.1 Å². The summed E-state index contributed by atoms with van der Waals surface area (Å²) in [6.45, 7) is 0.324. The Bertz CT molecular complexity index is 1010. The maximum absolute atomic E-state index is 11.1. The summed E-state index contributed by atoms with van der Waals surface area (Å²) in [7, 11) is 1.56. The van der Waals surface area contributed by atoms with E-state index in [4.69, 9.17) is 21.1 Å². The van der Waals surface area contributed by atoms with Gasteiger partial charge in [0.15, 0.2) is 11.5 Å². The third-order valence-electron chi connectivity index (χ3n) is 3.49. The fourth-order valence-electron chi connectivity index (χ4n) is 2.19. The molecule has 8 nitrogen and oxygen atoms in total. The Morgan fingerprint density at radius 1 is 1.26 bits per heavy atom. The number of nitrogens with zero attached hydrogens (tertiary/aromatic N) is 3. The van der Waals surface area contributed by atoms with Gasteiger partial charge in [-0.2, -0.15) is 5.10 Å². The van der Waals surface area contributed by atoms with Crippen LogP contribution in [-0.2, 0) is 6.61 Å². The first-order valence-electron chi connectivity index (χ1n) is 7.91. The molecule has 0 spiro atoms. The van der Waals surface area contributed by atoms with Crippen molar-refractivity contribution in [1.82, 2.24) is 15.2 Å². The zero-order valence-electron chi connectivity index (χ0n) is 14.3. The van der Waals surface area contributed by atoms with Crippen LogP contribution in [0.2, 0.25) is 5.02 Å². The predicted molar refractivity (Wildman–Crippen MR) is 103 cm³/mol. The Morgan fingerprint density at radius 2 is 2.11 bits per heavy atom. The lowest BCUT2D eigenvalue weighted by molar-refractivity contribution is 0.284. The van der Waals surface area contributed by atoms with E-state index in [9.17, 15) is 4.79 Å². The first-order chi connectivity index (χ1) is 13.2. The number of methoxy groups -OCH3 is 1. The lowest BCUT2D eigenvalue weighted by Gasteiger charge is -2.12. The molecule has 0 saturated heterocycles. The van der Waals surface area contributed by atoms with Crippen molar-refractivity contribution in [3.05, 3.63) is 75.2 Å². The summed E-state index contributed by atoms with van der Waals surface area (Å²) < 4.78 is 11.2. The van der Waals surface area contributed by atoms with Gasteiger partial charge in [0.05, 0.1) is 13.3 Å². The maximum Gasteiger partial charge on any atom is 0.271 e. The number of rotatable bonds is 7. The Morgan fingerprint density at radius 3 is 2.89 bits per heavy atom. The first-order valence-corrected chi connectivity index (χ1v) is 8.29. The monoisotopic (exact) mass is 385 g/mol. The van der Waals surface area contributed by atoms with E-state index in [1.807, 2.05) is 30.3 Å². The topological polar surface area (TPSA) is 101 Å². The van der Waals surface area contributed by atoms with Gasteiger partial charge < -0.3 is 9.47 Å². The summed E-state index contributed by atoms with van der Waals surface area (Å²) in [5.41, 5.74) is 3.86. The summed E-state index contributed by atoms with van der Waals surface area (Å²) >= 11 is 6.14. The molecule has 3 rings (SSSR count). The molecule has 3 aromatic rings. The van der Waals surface area contributed by atoms with Gasteiger partial charge in [-0.05, 0) is 29.8 Å². The van der Waals surface area contributed by atoms with E-state index in [0.29, 0.717) is 23.1 Å². The quantitative estimate of drug-likeness (QED) is 0.479. The van der Waals surface area contributed by atoms with Gasteiger partial charge in [0.2, 0.25) is 5.95 Å². The van der Waals surface area contributed by atoms with Crippen LogP contribution in [0, 0.1) is 0 Å². The van der Waals surface area contributed by atoms with E-state index >= 15 is 0 Å². The maximum atomic E-state index is 11.1. The Hall–Kier alpha value is -3.39. The van der Waals surface area contributed by atoms with Crippen molar-refractivity contribution in [1.29, 1.82) is 0 Å². The second-order valence-corrected chi connectivity index (χ2v) is 5.75. The van der Waals surface area contributed by atoms with E-state index in [2.05, 4.69) is 25.7 Å². The van der Waals surface area contributed by atoms with E-state index < -0.39 is 0 Å². The van der Waals surface area contributed by atoms with Gasteiger partial charge in [-0.15, -0.1) is 10.2 Å². The van der Waals surface area contributed by atoms with Gasteiger partial charge in [-0.1, -0.05) is 29.8 Å². The summed E-state index contributed by atoms with van der Waals surface area (Å²) in [6, 6.07) is 12.8. The number of benzene rings is 2. The Labute approximate surface area is 159 Å². The average Bonchev–Trinajstić information content (AvgIpc) is 2.68. The van der Waals surface area contributed by atoms with Crippen LogP contribution in [0.4, 0.5) is 5.95 Å². The lowest BCUT2D eigenvalue weighted by Crippen LogP contribution is -2.10. The zero-order valence-corrected chi connectivity index (χ0v) is 15.1. The van der Waals surface area contributed by atoms with Gasteiger partial charge in [0.25, 0.3) is 5.56 Å². The highest BCUT2D eigenvalue weighted by molar-refractivity contribution is 6.31. The second kappa shape index (κ2) is 8.81. The second-order valence-electron chi connectivity index (χ2n) is 5.34. The number of ether oxygens (including phenoxy) is 2. The molecule has 0 saturated carbocycles. The standard InChI is InChI=1S/C18H16ClN5O3/c1-26-16-8-12(9-20-23-18-22-17(25)10-21-24-18)6-7-15(16)27-11-13-4-2-3-5-14(13)19/h2-10H,11H2,1H3,(H2,22,23,24,25)/b20-9+. The van der Waals surface area contributed by atoms with Crippen LogP contribution in [0.3, 0.4) is 0 Å². The van der Waals surface area contributed by atoms with Gasteiger partial charge in [-0.25, -0.2) is 5.43 Å². The van der Waals surface area contributed by atoms with Crippen molar-refractivity contribution in [2.75, 3.05) is 12.5 Å². The molecule has 0 radical (unpaired) electrons. The molecule has 0 amide bonds. The molecule has 0 aliphatic carbocycles. The van der Waals surface area contributed by atoms with Crippen molar-refractivity contribution >= 4 is 23.8 Å². The number of nitrogens with one attached hydrogen (secondary N) is 2. The zero-order chi connectivity index (χ0) is 19.1. The molecule has 27 heavy (non-hydrogen) atoms. The van der Waals surface area contributed by atoms with Crippen molar-refractivity contribution in [3.63, 3.8) is 0 Å². The average molecular weight is 386 g/mol. The predicted octanol–water partition coefficient (Wildman–Crippen LogP) is 2.85. The molecule has 0 unspecified atom stereocenters. The van der Waals surface area contributed by atoms with E-state index in [-0.39, 0.29) is 11.5 Å². The third kappa shape index (κ3) is 5.05. The van der Waals surface area contributed by atoms with Gasteiger partial charge in [0, 0.05) is 10.6 Å². The summed E-state index contributed by atoms with van der Waals surface area (Å²) in [4.78, 5) is 13.6. The number of hydrogen-bond acceptors (Lipinski definition) is 7. The first kappa shape index (κ1) is 18.4. The van der Waals surface area contributed by atoms with Gasteiger partial charge in [-0.3, -0.25) is 9.78 Å². The lowest BCUT2D eigenvalue weighted by atomic mass is 10.2. The van der Waals surface area contributed by atoms with E-state index in [1.54, 1.807) is 25.5 Å². The normalized spacial score (nSPS) is 10.7. The molecule has 9 heteroatoms. The Balaban J connectivity index is 1.67. The van der Waals surface area contributed by atoms with E-state index in [0.717, 1.165) is 17.3 Å². The SMILES string of the molecule is COc1cc(/C=N/Nc2nncc(=O)[nH]2)ccc1OCc1ccccc1Cl. The third-order valence-corrected chi connectivity index (χ3v) is 3.86. The van der Waals surface area contributed by atoms with E-state index in [1.165, 1.54) is 0 Å². The molecule has 0 aliphatic heterocycles. The van der Waals surface area contributed by atoms with Crippen molar-refractivity contribution in [3.8, 4) is 11.5 Å². The Kier molecular flexibility index (Phi) is 6.01. The number of aromatic nitrogens is 3. The molecule has 0 aliphatic rings. The summed E-state index contributed by atoms with van der Waals surface area (Å²) in [6.07, 6.45) is 2.62. The number of halogens is 1. The van der Waals surface area contributed by atoms with Crippen LogP contribution in [0.15, 0.2) is 58.6 Å². The van der Waals surface area contributed by atoms with Crippen LogP contribution in [0.25, 0.3) is 0 Å². The fourth-order valence-corrected chi connectivity index (χ4v) is 2.38. The highest BCUT2D eigenvalue weighted by Crippen LogP contribution is 2.29. The molecule has 1 heterocycles. The van der Waals surface area contributed by atoms with Gasteiger partial charge >= 0.3 is 0 Å². The number of hydrazone groups is 1. The summed E-state index contributed by atoms with van der Waals surface area (Å²) in [5, 5.41) is 11.9. The van der Waals surface area contributed by atoms with Crippen molar-refractivity contribution in [2.24, 2.45) is 5.10 Å². The van der Waals surface area contributed by atoms with Crippen molar-refractivity contribution in [2.45, 2.75) is 6.61 Å². The number of aromatic amines is 1. The highest BCUT2D eigenvalue weighted by atomic mass is 35.5. The van der Waals surface area contributed by atoms with Crippen molar-refractivity contribution < 1.29 is 9.47 Å². The largest absolute Gasteiger partial charge is 0.493 e. The molecule has 0 fully saturated rings. The molecule has 2 N–H and O–H groups in total. The van der Waals surface area contributed by atoms with Crippen LogP contribution < -0.4 is 20.5 Å². The summed E-state index contributed by atoms with van der Waals surface area (Å²) in [5.74, 6) is 1.28.